The average Bonchev–Trinajstić information content (AvgIpc) is 3.02. The number of ether oxygens (including phenoxy) is 1. The fourth-order valence-corrected chi connectivity index (χ4v) is 4.63. The zero-order valence-corrected chi connectivity index (χ0v) is 13.8. The van der Waals surface area contributed by atoms with E-state index in [1.807, 2.05) is 0 Å². The number of nitrogens with zero attached hydrogens (tertiary/aromatic N) is 3. The highest BCUT2D eigenvalue weighted by atomic mass is 16.5. The lowest BCUT2D eigenvalue weighted by Crippen LogP contribution is -2.62. The van der Waals surface area contributed by atoms with Crippen molar-refractivity contribution in [2.45, 2.75) is 76.5 Å². The van der Waals surface area contributed by atoms with Crippen LogP contribution in [0.1, 0.15) is 69.5 Å². The second-order valence-corrected chi connectivity index (χ2v) is 7.37. The Hall–Kier alpha value is -0.940. The van der Waals surface area contributed by atoms with E-state index in [1.165, 1.54) is 38.5 Å². The largest absolute Gasteiger partial charge is 0.378 e. The van der Waals surface area contributed by atoms with E-state index in [4.69, 9.17) is 9.26 Å². The van der Waals surface area contributed by atoms with Gasteiger partial charge in [-0.15, -0.1) is 0 Å². The summed E-state index contributed by atoms with van der Waals surface area (Å²) in [5.74, 6) is 2.26. The minimum absolute atomic E-state index is 0.379. The van der Waals surface area contributed by atoms with Gasteiger partial charge in [0.15, 0.2) is 5.82 Å². The lowest BCUT2D eigenvalue weighted by molar-refractivity contribution is -0.163. The molecule has 1 heterocycles. The summed E-state index contributed by atoms with van der Waals surface area (Å²) in [5, 5.41) is 4.13. The predicted octanol–water partition coefficient (Wildman–Crippen LogP) is 3.12. The molecule has 0 amide bonds. The third-order valence-electron chi connectivity index (χ3n) is 5.99. The first-order valence-electron chi connectivity index (χ1n) is 8.87. The van der Waals surface area contributed by atoms with Crippen LogP contribution in [-0.2, 0) is 11.3 Å². The van der Waals surface area contributed by atoms with Gasteiger partial charge in [0.2, 0.25) is 5.89 Å². The van der Waals surface area contributed by atoms with Crippen molar-refractivity contribution in [3.63, 3.8) is 0 Å². The van der Waals surface area contributed by atoms with Crippen molar-refractivity contribution in [1.29, 1.82) is 0 Å². The summed E-state index contributed by atoms with van der Waals surface area (Å²) in [5.41, 5.74) is 0.379. The van der Waals surface area contributed by atoms with Gasteiger partial charge in [0.25, 0.3) is 0 Å². The lowest BCUT2D eigenvalue weighted by Gasteiger charge is -2.57. The minimum Gasteiger partial charge on any atom is -0.378 e. The van der Waals surface area contributed by atoms with E-state index in [0.717, 1.165) is 31.3 Å². The van der Waals surface area contributed by atoms with Gasteiger partial charge in [0, 0.05) is 24.0 Å². The molecule has 4 rings (SSSR count). The van der Waals surface area contributed by atoms with E-state index in [-0.39, 0.29) is 0 Å². The standard InChI is InChI=1S/C17H27N3O2/c1-3-21-14-10-13(17(14)8-4-5-9-17)20(2)11-15-18-16(19-22-15)12-6-7-12/h12-14H,3-11H2,1-2H3. The van der Waals surface area contributed by atoms with Crippen molar-refractivity contribution in [2.75, 3.05) is 13.7 Å². The van der Waals surface area contributed by atoms with Crippen LogP contribution in [0.4, 0.5) is 0 Å². The van der Waals surface area contributed by atoms with Gasteiger partial charge in [-0.1, -0.05) is 18.0 Å². The molecule has 0 bridgehead atoms. The van der Waals surface area contributed by atoms with E-state index < -0.39 is 0 Å². The van der Waals surface area contributed by atoms with Gasteiger partial charge >= 0.3 is 0 Å². The maximum atomic E-state index is 6.01. The minimum atomic E-state index is 0.379. The highest BCUT2D eigenvalue weighted by molar-refractivity contribution is 5.11. The first-order valence-corrected chi connectivity index (χ1v) is 8.87. The fraction of sp³-hybridized carbons (Fsp3) is 0.882. The molecular weight excluding hydrogens is 278 g/mol. The van der Waals surface area contributed by atoms with Gasteiger partial charge in [0.05, 0.1) is 12.6 Å². The van der Waals surface area contributed by atoms with Crippen LogP contribution in [0.15, 0.2) is 4.52 Å². The Labute approximate surface area is 132 Å². The molecule has 3 aliphatic carbocycles. The summed E-state index contributed by atoms with van der Waals surface area (Å²) in [6.45, 7) is 3.71. The molecule has 5 nitrogen and oxygen atoms in total. The molecule has 3 fully saturated rings. The molecule has 3 saturated carbocycles. The van der Waals surface area contributed by atoms with Crippen molar-refractivity contribution >= 4 is 0 Å². The molecule has 1 aromatic rings. The Morgan fingerprint density at radius 2 is 2.09 bits per heavy atom. The van der Waals surface area contributed by atoms with Gasteiger partial charge in [-0.25, -0.2) is 0 Å². The topological polar surface area (TPSA) is 51.4 Å². The Kier molecular flexibility index (Phi) is 3.73. The van der Waals surface area contributed by atoms with E-state index >= 15 is 0 Å². The number of rotatable bonds is 6. The molecule has 2 unspecified atom stereocenters. The molecule has 3 aliphatic rings. The lowest BCUT2D eigenvalue weighted by atomic mass is 9.60. The van der Waals surface area contributed by atoms with E-state index in [2.05, 4.69) is 29.0 Å². The van der Waals surface area contributed by atoms with E-state index in [0.29, 0.717) is 23.5 Å². The third kappa shape index (κ3) is 2.38. The van der Waals surface area contributed by atoms with Gasteiger partial charge in [0.1, 0.15) is 0 Å². The summed E-state index contributed by atoms with van der Waals surface area (Å²) in [6.07, 6.45) is 9.35. The Morgan fingerprint density at radius 3 is 2.77 bits per heavy atom. The van der Waals surface area contributed by atoms with Crippen LogP contribution in [0.3, 0.4) is 0 Å². The van der Waals surface area contributed by atoms with Crippen LogP contribution < -0.4 is 0 Å². The van der Waals surface area contributed by atoms with Crippen LogP contribution in [0, 0.1) is 5.41 Å². The summed E-state index contributed by atoms with van der Waals surface area (Å²) >= 11 is 0. The molecule has 22 heavy (non-hydrogen) atoms. The SMILES string of the molecule is CCOC1CC(N(C)Cc2nc(C3CC3)no2)C12CCCC2. The third-order valence-corrected chi connectivity index (χ3v) is 5.99. The Balaban J connectivity index is 1.42. The smallest absolute Gasteiger partial charge is 0.240 e. The first-order chi connectivity index (χ1) is 10.7. The highest BCUT2D eigenvalue weighted by Crippen LogP contribution is 2.56. The zero-order chi connectivity index (χ0) is 15.2. The predicted molar refractivity (Wildman–Crippen MR) is 82.5 cm³/mol. The molecule has 0 aromatic carbocycles. The van der Waals surface area contributed by atoms with Gasteiger partial charge in [-0.05, 0) is 46.1 Å². The van der Waals surface area contributed by atoms with E-state index in [1.54, 1.807) is 0 Å². The molecule has 0 N–H and O–H groups in total. The highest BCUT2D eigenvalue weighted by Gasteiger charge is 2.57. The van der Waals surface area contributed by atoms with Crippen LogP contribution in [-0.4, -0.2) is 40.8 Å². The molecule has 122 valence electrons. The molecule has 0 aliphatic heterocycles. The number of hydrogen-bond donors (Lipinski definition) is 0. The van der Waals surface area contributed by atoms with Crippen LogP contribution in [0.25, 0.3) is 0 Å². The average molecular weight is 305 g/mol. The summed E-state index contributed by atoms with van der Waals surface area (Å²) in [4.78, 5) is 6.99. The summed E-state index contributed by atoms with van der Waals surface area (Å²) in [7, 11) is 2.20. The Bertz CT molecular complexity index is 520. The molecule has 1 spiro atoms. The van der Waals surface area contributed by atoms with Crippen LogP contribution in [0.5, 0.6) is 0 Å². The van der Waals surface area contributed by atoms with Gasteiger partial charge < -0.3 is 9.26 Å². The second-order valence-electron chi connectivity index (χ2n) is 7.37. The summed E-state index contributed by atoms with van der Waals surface area (Å²) in [6, 6.07) is 0.600. The van der Waals surface area contributed by atoms with Crippen molar-refractivity contribution in [3.05, 3.63) is 11.7 Å². The number of hydrogen-bond acceptors (Lipinski definition) is 5. The first kappa shape index (κ1) is 14.6. The number of aromatic nitrogens is 2. The summed E-state index contributed by atoms with van der Waals surface area (Å²) < 4.78 is 11.5. The molecule has 2 atom stereocenters. The van der Waals surface area contributed by atoms with E-state index in [9.17, 15) is 0 Å². The second kappa shape index (κ2) is 5.60. The van der Waals surface area contributed by atoms with Crippen LogP contribution in [0.2, 0.25) is 0 Å². The Morgan fingerprint density at radius 1 is 1.32 bits per heavy atom. The van der Waals surface area contributed by atoms with Crippen LogP contribution >= 0.6 is 0 Å². The molecule has 0 saturated heterocycles. The van der Waals surface area contributed by atoms with Crippen molar-refractivity contribution in [1.82, 2.24) is 15.0 Å². The molecule has 0 radical (unpaired) electrons. The maximum Gasteiger partial charge on any atom is 0.240 e. The maximum absolute atomic E-state index is 6.01. The molecular formula is C17H27N3O2. The molecule has 5 heteroatoms. The van der Waals surface area contributed by atoms with Crippen molar-refractivity contribution in [3.8, 4) is 0 Å². The van der Waals surface area contributed by atoms with Crippen molar-refractivity contribution < 1.29 is 9.26 Å². The van der Waals surface area contributed by atoms with Gasteiger partial charge in [-0.3, -0.25) is 4.90 Å². The normalized spacial score (nSPS) is 30.1. The quantitative estimate of drug-likeness (QED) is 0.808. The monoisotopic (exact) mass is 305 g/mol. The fourth-order valence-electron chi connectivity index (χ4n) is 4.63. The van der Waals surface area contributed by atoms with Gasteiger partial charge in [-0.2, -0.15) is 4.98 Å². The zero-order valence-electron chi connectivity index (χ0n) is 13.8. The molecule has 1 aromatic heterocycles. The van der Waals surface area contributed by atoms with Crippen molar-refractivity contribution in [2.24, 2.45) is 5.41 Å².